The van der Waals surface area contributed by atoms with Gasteiger partial charge in [-0.15, -0.1) is 0 Å². The average molecular weight is 585 g/mol. The molecule has 230 valence electrons. The molecule has 3 amide bonds. The first-order valence-electron chi connectivity index (χ1n) is 14.9. The fourth-order valence-electron chi connectivity index (χ4n) is 5.42. The predicted octanol–water partition coefficient (Wildman–Crippen LogP) is 1.03. The molecule has 11 nitrogen and oxygen atoms in total. The highest BCUT2D eigenvalue weighted by Gasteiger charge is 2.50. The van der Waals surface area contributed by atoms with Crippen molar-refractivity contribution in [3.63, 3.8) is 0 Å². The standard InChI is InChI=1S/C31H44N4O7/c1-20(32-27(37)18-35-14-12-23(36)13-15-35)29(39)34-26(17-22-8-10-24(41-3)11-9-22)30(40)33-25(16-21-6-4-5-7-21)28(38)31(2)19-42-31/h6,8-11,20,23,25-26,36H,4-5,7,12-19H2,1-3H3,(H,32,37)(H,33,40)(H,34,39)/t20-,25-,26-,31-/m0/s1. The molecule has 0 spiro atoms. The van der Waals surface area contributed by atoms with Crippen molar-refractivity contribution in [3.8, 4) is 5.75 Å². The number of hydrogen-bond acceptors (Lipinski definition) is 8. The second-order valence-electron chi connectivity index (χ2n) is 11.8. The van der Waals surface area contributed by atoms with Crippen LogP contribution in [0.5, 0.6) is 5.75 Å². The molecule has 2 fully saturated rings. The number of rotatable bonds is 14. The van der Waals surface area contributed by atoms with Crippen molar-refractivity contribution < 1.29 is 33.8 Å². The molecular weight excluding hydrogens is 540 g/mol. The summed E-state index contributed by atoms with van der Waals surface area (Å²) in [6.45, 7) is 4.96. The number of nitrogens with zero attached hydrogens (tertiary/aromatic N) is 1. The van der Waals surface area contributed by atoms with Crippen LogP contribution in [0.25, 0.3) is 0 Å². The van der Waals surface area contributed by atoms with Gasteiger partial charge in [0.25, 0.3) is 0 Å². The number of ketones is 1. The van der Waals surface area contributed by atoms with Gasteiger partial charge in [-0.3, -0.25) is 24.1 Å². The van der Waals surface area contributed by atoms with Gasteiger partial charge in [0.15, 0.2) is 5.78 Å². The van der Waals surface area contributed by atoms with Crippen molar-refractivity contribution in [2.24, 2.45) is 0 Å². The third-order valence-electron chi connectivity index (χ3n) is 8.26. The fraction of sp³-hybridized carbons (Fsp3) is 0.613. The van der Waals surface area contributed by atoms with E-state index < -0.39 is 35.5 Å². The highest BCUT2D eigenvalue weighted by Crippen LogP contribution is 2.31. The van der Waals surface area contributed by atoms with Crippen LogP contribution < -0.4 is 20.7 Å². The van der Waals surface area contributed by atoms with E-state index in [4.69, 9.17) is 9.47 Å². The minimum Gasteiger partial charge on any atom is -0.497 e. The summed E-state index contributed by atoms with van der Waals surface area (Å²) in [6, 6.07) is 4.53. The first-order chi connectivity index (χ1) is 20.1. The number of benzene rings is 1. The summed E-state index contributed by atoms with van der Waals surface area (Å²) >= 11 is 0. The summed E-state index contributed by atoms with van der Waals surface area (Å²) < 4.78 is 10.6. The Balaban J connectivity index is 1.43. The normalized spacial score (nSPS) is 22.8. The van der Waals surface area contributed by atoms with Crippen LogP contribution in [0.1, 0.15) is 57.9 Å². The molecule has 0 unspecified atom stereocenters. The maximum Gasteiger partial charge on any atom is 0.243 e. The molecule has 0 saturated carbocycles. The van der Waals surface area contributed by atoms with E-state index in [9.17, 15) is 24.3 Å². The Kier molecular flexibility index (Phi) is 10.7. The van der Waals surface area contributed by atoms with Crippen LogP contribution in [0.2, 0.25) is 0 Å². The zero-order chi connectivity index (χ0) is 30.3. The molecule has 0 radical (unpaired) electrons. The van der Waals surface area contributed by atoms with E-state index in [0.717, 1.165) is 30.4 Å². The Labute approximate surface area is 247 Å². The van der Waals surface area contributed by atoms with E-state index in [0.29, 0.717) is 44.7 Å². The fourth-order valence-corrected chi connectivity index (χ4v) is 5.42. The number of methoxy groups -OCH3 is 1. The molecule has 1 aromatic carbocycles. The van der Waals surface area contributed by atoms with Crippen LogP contribution >= 0.6 is 0 Å². The molecule has 11 heteroatoms. The van der Waals surface area contributed by atoms with Crippen molar-refractivity contribution in [1.82, 2.24) is 20.9 Å². The number of likely N-dealkylation sites (tertiary alicyclic amines) is 1. The van der Waals surface area contributed by atoms with Gasteiger partial charge in [-0.25, -0.2) is 0 Å². The van der Waals surface area contributed by atoms with Crippen molar-refractivity contribution in [3.05, 3.63) is 41.5 Å². The molecule has 0 bridgehead atoms. The topological polar surface area (TPSA) is 150 Å². The van der Waals surface area contributed by atoms with Gasteiger partial charge in [-0.05, 0) is 70.1 Å². The molecule has 4 N–H and O–H groups in total. The van der Waals surface area contributed by atoms with Gasteiger partial charge in [0.1, 0.15) is 23.4 Å². The number of nitrogens with one attached hydrogen (secondary N) is 3. The summed E-state index contributed by atoms with van der Waals surface area (Å²) in [7, 11) is 1.57. The van der Waals surface area contributed by atoms with Crippen molar-refractivity contribution in [2.75, 3.05) is 33.4 Å². The Morgan fingerprint density at radius 3 is 2.31 bits per heavy atom. The third-order valence-corrected chi connectivity index (χ3v) is 8.26. The van der Waals surface area contributed by atoms with Gasteiger partial charge >= 0.3 is 0 Å². The summed E-state index contributed by atoms with van der Waals surface area (Å²) in [5, 5.41) is 18.1. The van der Waals surface area contributed by atoms with Gasteiger partial charge in [0, 0.05) is 19.5 Å². The van der Waals surface area contributed by atoms with Crippen LogP contribution in [-0.4, -0.2) is 96.7 Å². The van der Waals surface area contributed by atoms with Gasteiger partial charge in [0.2, 0.25) is 17.7 Å². The van der Waals surface area contributed by atoms with Crippen LogP contribution in [-0.2, 0) is 30.3 Å². The average Bonchev–Trinajstić information content (AvgIpc) is 3.51. The number of ether oxygens (including phenoxy) is 2. The second-order valence-corrected chi connectivity index (χ2v) is 11.8. The Morgan fingerprint density at radius 2 is 1.71 bits per heavy atom. The van der Waals surface area contributed by atoms with Crippen molar-refractivity contribution in [1.29, 1.82) is 0 Å². The van der Waals surface area contributed by atoms with Gasteiger partial charge < -0.3 is 30.5 Å². The smallest absolute Gasteiger partial charge is 0.243 e. The molecule has 4 atom stereocenters. The molecule has 0 aromatic heterocycles. The van der Waals surface area contributed by atoms with Gasteiger partial charge in [-0.2, -0.15) is 0 Å². The number of carbonyl (C=O) groups is 4. The second kappa shape index (κ2) is 14.3. The first kappa shape index (κ1) is 31.7. The van der Waals surface area contributed by atoms with E-state index in [1.807, 2.05) is 17.0 Å². The number of carbonyl (C=O) groups excluding carboxylic acids is 4. The quantitative estimate of drug-likeness (QED) is 0.187. The van der Waals surface area contributed by atoms with E-state index >= 15 is 0 Å². The number of amides is 3. The molecule has 2 saturated heterocycles. The SMILES string of the molecule is COc1ccc(C[C@H](NC(=O)[C@H](C)NC(=O)CN2CCC(O)CC2)C(=O)N[C@@H](CC2=CCCC2)C(=O)[C@]2(C)CO2)cc1. The minimum atomic E-state index is -0.991. The number of allylic oxidation sites excluding steroid dienone is 1. The zero-order valence-electron chi connectivity index (χ0n) is 24.8. The lowest BCUT2D eigenvalue weighted by molar-refractivity contribution is -0.134. The number of hydrogen-bond donors (Lipinski definition) is 4. The van der Waals surface area contributed by atoms with E-state index in [1.165, 1.54) is 0 Å². The first-order valence-corrected chi connectivity index (χ1v) is 14.9. The zero-order valence-corrected chi connectivity index (χ0v) is 24.8. The molecule has 1 aliphatic carbocycles. The molecule has 1 aromatic rings. The Bertz CT molecular complexity index is 1160. The Morgan fingerprint density at radius 1 is 1.05 bits per heavy atom. The summed E-state index contributed by atoms with van der Waals surface area (Å²) in [4.78, 5) is 54.8. The van der Waals surface area contributed by atoms with E-state index in [2.05, 4.69) is 22.0 Å². The minimum absolute atomic E-state index is 0.126. The van der Waals surface area contributed by atoms with Crippen molar-refractivity contribution >= 4 is 23.5 Å². The molecule has 3 aliphatic rings. The lowest BCUT2D eigenvalue weighted by Crippen LogP contribution is -2.57. The number of aliphatic hydroxyl groups excluding tert-OH is 1. The molecule has 42 heavy (non-hydrogen) atoms. The molecule has 4 rings (SSSR count). The lowest BCUT2D eigenvalue weighted by atomic mass is 9.94. The number of epoxide rings is 1. The maximum atomic E-state index is 13.7. The summed E-state index contributed by atoms with van der Waals surface area (Å²) in [5.74, 6) is -0.811. The largest absolute Gasteiger partial charge is 0.497 e. The molecule has 2 heterocycles. The van der Waals surface area contributed by atoms with E-state index in [-0.39, 0.29) is 30.8 Å². The lowest BCUT2D eigenvalue weighted by Gasteiger charge is -2.29. The molecule has 2 aliphatic heterocycles. The molecular formula is C31H44N4O7. The van der Waals surface area contributed by atoms with Crippen LogP contribution in [0, 0.1) is 0 Å². The number of aliphatic hydroxyl groups is 1. The third kappa shape index (κ3) is 8.86. The van der Waals surface area contributed by atoms with Gasteiger partial charge in [0.05, 0.1) is 32.4 Å². The highest BCUT2D eigenvalue weighted by atomic mass is 16.6. The monoisotopic (exact) mass is 584 g/mol. The Hall–Kier alpha value is -3.28. The number of piperidine rings is 1. The van der Waals surface area contributed by atoms with Crippen LogP contribution in [0.3, 0.4) is 0 Å². The van der Waals surface area contributed by atoms with Gasteiger partial charge in [-0.1, -0.05) is 23.8 Å². The predicted molar refractivity (Wildman–Crippen MR) is 156 cm³/mol. The number of Topliss-reactive ketones (excluding diaryl/α,β-unsaturated/α-hetero) is 1. The van der Waals surface area contributed by atoms with Crippen molar-refractivity contribution in [2.45, 2.75) is 88.6 Å². The van der Waals surface area contributed by atoms with Crippen LogP contribution in [0.15, 0.2) is 35.9 Å². The summed E-state index contributed by atoms with van der Waals surface area (Å²) in [6.07, 6.45) is 6.45. The highest BCUT2D eigenvalue weighted by molar-refractivity contribution is 5.98. The van der Waals surface area contributed by atoms with E-state index in [1.54, 1.807) is 33.1 Å². The summed E-state index contributed by atoms with van der Waals surface area (Å²) in [5.41, 5.74) is 1.02. The maximum absolute atomic E-state index is 13.7. The van der Waals surface area contributed by atoms with Crippen LogP contribution in [0.4, 0.5) is 0 Å².